The van der Waals surface area contributed by atoms with Crippen molar-refractivity contribution in [2.45, 2.75) is 25.7 Å². The van der Waals surface area contributed by atoms with Crippen molar-refractivity contribution in [2.75, 3.05) is 29.9 Å². The molecule has 1 fully saturated rings. The number of amides is 2. The highest BCUT2D eigenvalue weighted by Gasteiger charge is 2.32. The summed E-state index contributed by atoms with van der Waals surface area (Å²) in [4.78, 5) is 39.8. The first kappa shape index (κ1) is 22.4. The van der Waals surface area contributed by atoms with Crippen LogP contribution in [-0.4, -0.2) is 54.7 Å². The number of benzene rings is 2. The smallest absolute Gasteiger partial charge is 0.426 e. The third kappa shape index (κ3) is 5.18. The van der Waals surface area contributed by atoms with Gasteiger partial charge in [-0.3, -0.25) is 14.4 Å². The lowest BCUT2D eigenvalue weighted by Crippen LogP contribution is -2.55. The van der Waals surface area contributed by atoms with E-state index in [0.29, 0.717) is 29.2 Å². The molecule has 1 N–H and O–H groups in total. The number of alkyl halides is 3. The molecular weight excluding hydrogens is 443 g/mol. The highest BCUT2D eigenvalue weighted by Crippen LogP contribution is 2.29. The maximum Gasteiger partial charge on any atom is 0.573 e. The number of carbonyl (C=O) groups excluding carboxylic acids is 3. The molecule has 11 heteroatoms. The van der Waals surface area contributed by atoms with E-state index in [1.807, 2.05) is 11.8 Å². The SMILES string of the molecule is C[C@@H]1CN(C(=O)C(=O)Nc2ccc3c(c2)OC(=O)C3)CCN1c1ccc(OC(F)(F)F)cc1. The molecule has 0 unspecified atom stereocenters. The summed E-state index contributed by atoms with van der Waals surface area (Å²) in [5.41, 5.74) is 1.74. The normalized spacial score (nSPS) is 17.9. The summed E-state index contributed by atoms with van der Waals surface area (Å²) in [5, 5.41) is 2.53. The fourth-order valence-corrected chi connectivity index (χ4v) is 3.88. The Morgan fingerprint density at radius 3 is 2.52 bits per heavy atom. The number of nitrogens with zero attached hydrogens (tertiary/aromatic N) is 2. The monoisotopic (exact) mass is 463 g/mol. The lowest BCUT2D eigenvalue weighted by atomic mass is 10.1. The summed E-state index contributed by atoms with van der Waals surface area (Å²) in [6, 6.07) is 10.1. The third-order valence-electron chi connectivity index (χ3n) is 5.39. The Labute approximate surface area is 186 Å². The first-order valence-electron chi connectivity index (χ1n) is 10.2. The molecular formula is C22H20F3N3O5. The van der Waals surface area contributed by atoms with Crippen LogP contribution in [0.15, 0.2) is 42.5 Å². The van der Waals surface area contributed by atoms with Crippen molar-refractivity contribution in [3.63, 3.8) is 0 Å². The summed E-state index contributed by atoms with van der Waals surface area (Å²) in [6.45, 7) is 2.77. The summed E-state index contributed by atoms with van der Waals surface area (Å²) in [6.07, 6.45) is -4.59. The van der Waals surface area contributed by atoms with Crippen molar-refractivity contribution in [1.82, 2.24) is 4.90 Å². The van der Waals surface area contributed by atoms with Crippen molar-refractivity contribution in [3.05, 3.63) is 48.0 Å². The van der Waals surface area contributed by atoms with E-state index in [2.05, 4.69) is 10.1 Å². The third-order valence-corrected chi connectivity index (χ3v) is 5.39. The van der Waals surface area contributed by atoms with Crippen LogP contribution in [0.2, 0.25) is 0 Å². The van der Waals surface area contributed by atoms with Gasteiger partial charge in [-0.15, -0.1) is 13.2 Å². The zero-order valence-corrected chi connectivity index (χ0v) is 17.5. The first-order valence-corrected chi connectivity index (χ1v) is 10.2. The van der Waals surface area contributed by atoms with Crippen molar-refractivity contribution in [2.24, 2.45) is 0 Å². The van der Waals surface area contributed by atoms with Crippen LogP contribution in [-0.2, 0) is 20.8 Å². The van der Waals surface area contributed by atoms with Crippen LogP contribution in [0, 0.1) is 0 Å². The Morgan fingerprint density at radius 1 is 1.12 bits per heavy atom. The molecule has 2 aromatic rings. The predicted molar refractivity (Wildman–Crippen MR) is 111 cm³/mol. The maximum atomic E-state index is 12.6. The molecule has 33 heavy (non-hydrogen) atoms. The fourth-order valence-electron chi connectivity index (χ4n) is 3.88. The zero-order chi connectivity index (χ0) is 23.8. The van der Waals surface area contributed by atoms with Crippen LogP contribution in [0.1, 0.15) is 12.5 Å². The lowest BCUT2D eigenvalue weighted by Gasteiger charge is -2.41. The summed E-state index contributed by atoms with van der Waals surface area (Å²) in [5.74, 6) is -1.84. The van der Waals surface area contributed by atoms with Crippen molar-refractivity contribution < 1.29 is 37.0 Å². The number of hydrogen-bond acceptors (Lipinski definition) is 6. The minimum atomic E-state index is -4.76. The number of hydrogen-bond donors (Lipinski definition) is 1. The molecule has 2 heterocycles. The quantitative estimate of drug-likeness (QED) is 0.428. The molecule has 2 aliphatic rings. The van der Waals surface area contributed by atoms with Crippen LogP contribution in [0.5, 0.6) is 11.5 Å². The van der Waals surface area contributed by atoms with Gasteiger partial charge in [0.15, 0.2) is 0 Å². The highest BCUT2D eigenvalue weighted by atomic mass is 19.4. The van der Waals surface area contributed by atoms with E-state index >= 15 is 0 Å². The molecule has 174 valence electrons. The van der Waals surface area contributed by atoms with Gasteiger partial charge < -0.3 is 24.6 Å². The molecule has 0 aromatic heterocycles. The van der Waals surface area contributed by atoms with Crippen molar-refractivity contribution in [1.29, 1.82) is 0 Å². The Bertz CT molecular complexity index is 1090. The molecule has 4 rings (SSSR count). The lowest BCUT2D eigenvalue weighted by molar-refractivity contribution is -0.274. The van der Waals surface area contributed by atoms with E-state index < -0.39 is 18.2 Å². The molecule has 0 bridgehead atoms. The van der Waals surface area contributed by atoms with Crippen LogP contribution in [0.4, 0.5) is 24.5 Å². The molecule has 0 radical (unpaired) electrons. The summed E-state index contributed by atoms with van der Waals surface area (Å²) < 4.78 is 45.9. The fraction of sp³-hybridized carbons (Fsp3) is 0.318. The number of halogens is 3. The number of ether oxygens (including phenoxy) is 2. The Hall–Kier alpha value is -3.76. The molecule has 2 amide bonds. The van der Waals surface area contributed by atoms with Crippen molar-refractivity contribution >= 4 is 29.2 Å². The van der Waals surface area contributed by atoms with E-state index in [4.69, 9.17) is 4.74 Å². The van der Waals surface area contributed by atoms with Gasteiger partial charge in [0, 0.05) is 48.7 Å². The minimum absolute atomic E-state index is 0.169. The van der Waals surface area contributed by atoms with Gasteiger partial charge in [-0.25, -0.2) is 0 Å². The van der Waals surface area contributed by atoms with E-state index in [9.17, 15) is 27.6 Å². The molecule has 0 aliphatic carbocycles. The molecule has 1 atom stereocenters. The predicted octanol–water partition coefficient (Wildman–Crippen LogP) is 2.72. The minimum Gasteiger partial charge on any atom is -0.426 e. The van der Waals surface area contributed by atoms with Crippen LogP contribution in [0.3, 0.4) is 0 Å². The molecule has 1 saturated heterocycles. The van der Waals surface area contributed by atoms with Gasteiger partial charge in [0.05, 0.1) is 6.42 Å². The van der Waals surface area contributed by atoms with Gasteiger partial charge in [-0.2, -0.15) is 0 Å². The molecule has 8 nitrogen and oxygen atoms in total. The van der Waals surface area contributed by atoms with Crippen LogP contribution >= 0.6 is 0 Å². The van der Waals surface area contributed by atoms with Gasteiger partial charge in [-0.1, -0.05) is 6.07 Å². The number of piperazine rings is 1. The summed E-state index contributed by atoms with van der Waals surface area (Å²) in [7, 11) is 0. The number of esters is 1. The van der Waals surface area contributed by atoms with Gasteiger partial charge in [0.1, 0.15) is 11.5 Å². The van der Waals surface area contributed by atoms with Crippen LogP contribution < -0.4 is 19.7 Å². The standard InChI is InChI=1S/C22H20F3N3O5/c1-13-12-27(8-9-28(13)16-4-6-17(7-5-16)33-22(23,24)25)21(31)20(30)26-15-3-2-14-10-19(29)32-18(14)11-15/h2-7,11,13H,8-10,12H2,1H3,(H,26,30)/t13-/m1/s1. The van der Waals surface area contributed by atoms with E-state index in [-0.39, 0.29) is 37.3 Å². The number of rotatable bonds is 3. The number of nitrogens with one attached hydrogen (secondary N) is 1. The zero-order valence-electron chi connectivity index (χ0n) is 17.5. The molecule has 0 saturated carbocycles. The maximum absolute atomic E-state index is 12.6. The number of carbonyl (C=O) groups is 3. The Morgan fingerprint density at radius 2 is 1.85 bits per heavy atom. The van der Waals surface area contributed by atoms with E-state index in [1.54, 1.807) is 12.1 Å². The first-order chi connectivity index (χ1) is 15.6. The largest absolute Gasteiger partial charge is 0.573 e. The topological polar surface area (TPSA) is 88.2 Å². The van der Waals surface area contributed by atoms with E-state index in [0.717, 1.165) is 0 Å². The summed E-state index contributed by atoms with van der Waals surface area (Å²) >= 11 is 0. The Balaban J connectivity index is 1.34. The van der Waals surface area contributed by atoms with E-state index in [1.165, 1.54) is 35.2 Å². The highest BCUT2D eigenvalue weighted by molar-refractivity contribution is 6.39. The van der Waals surface area contributed by atoms with Gasteiger partial charge in [-0.05, 0) is 37.3 Å². The van der Waals surface area contributed by atoms with Crippen molar-refractivity contribution in [3.8, 4) is 11.5 Å². The van der Waals surface area contributed by atoms with Crippen LogP contribution in [0.25, 0.3) is 0 Å². The second-order valence-corrected chi connectivity index (χ2v) is 7.76. The Kier molecular flexibility index (Phi) is 5.88. The molecule has 0 spiro atoms. The van der Waals surface area contributed by atoms with Gasteiger partial charge >= 0.3 is 24.1 Å². The molecule has 2 aliphatic heterocycles. The number of anilines is 2. The number of fused-ring (bicyclic) bond motifs is 1. The second kappa shape index (κ2) is 8.64. The van der Waals surface area contributed by atoms with Gasteiger partial charge in [0.2, 0.25) is 0 Å². The average molecular weight is 463 g/mol. The molecule has 2 aromatic carbocycles. The van der Waals surface area contributed by atoms with Gasteiger partial charge in [0.25, 0.3) is 0 Å². The second-order valence-electron chi connectivity index (χ2n) is 7.76. The average Bonchev–Trinajstić information content (AvgIpc) is 3.12.